The van der Waals surface area contributed by atoms with Crippen LogP contribution in [0.2, 0.25) is 0 Å². The van der Waals surface area contributed by atoms with E-state index in [4.69, 9.17) is 4.74 Å². The van der Waals surface area contributed by atoms with Gasteiger partial charge in [-0.3, -0.25) is 9.48 Å². The molecular weight excluding hydrogens is 357 g/mol. The Morgan fingerprint density at radius 3 is 2.71 bits per heavy atom. The largest absolute Gasteiger partial charge is 0.370 e. The zero-order valence-corrected chi connectivity index (χ0v) is 15.9. The first-order chi connectivity index (χ1) is 13.5. The number of amides is 1. The minimum absolute atomic E-state index is 0.0289. The van der Waals surface area contributed by atoms with Crippen molar-refractivity contribution in [1.29, 1.82) is 0 Å². The molecule has 144 valence electrons. The minimum atomic E-state index is -0.282. The SMILES string of the molecule is Cc1nn(C)cc1-c1cccc(C(=O)N2CCO[C@H](c3ccc(F)cc3)C2)c1. The molecule has 5 nitrogen and oxygen atoms in total. The lowest BCUT2D eigenvalue weighted by Crippen LogP contribution is -2.42. The highest BCUT2D eigenvalue weighted by molar-refractivity contribution is 5.95. The predicted octanol–water partition coefficient (Wildman–Crippen LogP) is 3.75. The molecule has 3 aromatic rings. The zero-order chi connectivity index (χ0) is 19.7. The fraction of sp³-hybridized carbons (Fsp3) is 0.273. The maximum absolute atomic E-state index is 13.2. The highest BCUT2D eigenvalue weighted by Gasteiger charge is 2.26. The van der Waals surface area contributed by atoms with Crippen LogP contribution in [0.5, 0.6) is 0 Å². The Morgan fingerprint density at radius 2 is 2.00 bits per heavy atom. The van der Waals surface area contributed by atoms with Gasteiger partial charge in [-0.25, -0.2) is 4.39 Å². The molecule has 1 saturated heterocycles. The summed E-state index contributed by atoms with van der Waals surface area (Å²) in [6, 6.07) is 13.9. The van der Waals surface area contributed by atoms with E-state index in [1.807, 2.05) is 44.4 Å². The second kappa shape index (κ2) is 7.56. The van der Waals surface area contributed by atoms with Crippen molar-refractivity contribution in [3.05, 3.63) is 77.4 Å². The smallest absolute Gasteiger partial charge is 0.254 e. The Kier molecular flexibility index (Phi) is 4.96. The predicted molar refractivity (Wildman–Crippen MR) is 104 cm³/mol. The van der Waals surface area contributed by atoms with Gasteiger partial charge >= 0.3 is 0 Å². The van der Waals surface area contributed by atoms with E-state index in [0.29, 0.717) is 25.3 Å². The summed E-state index contributed by atoms with van der Waals surface area (Å²) in [7, 11) is 1.88. The molecule has 0 spiro atoms. The number of aryl methyl sites for hydroxylation is 2. The van der Waals surface area contributed by atoms with Gasteiger partial charge in [0.05, 0.1) is 18.8 Å². The summed E-state index contributed by atoms with van der Waals surface area (Å²) in [6.45, 7) is 3.39. The van der Waals surface area contributed by atoms with Crippen LogP contribution in [-0.4, -0.2) is 40.3 Å². The van der Waals surface area contributed by atoms with E-state index in [2.05, 4.69) is 5.10 Å². The molecular formula is C22H22FN3O2. The van der Waals surface area contributed by atoms with Crippen molar-refractivity contribution in [1.82, 2.24) is 14.7 Å². The van der Waals surface area contributed by atoms with Crippen LogP contribution in [0.3, 0.4) is 0 Å². The number of rotatable bonds is 3. The monoisotopic (exact) mass is 379 g/mol. The topological polar surface area (TPSA) is 47.4 Å². The second-order valence-corrected chi connectivity index (χ2v) is 7.04. The average molecular weight is 379 g/mol. The number of hydrogen-bond donors (Lipinski definition) is 0. The number of carbonyl (C=O) groups is 1. The maximum Gasteiger partial charge on any atom is 0.254 e. The number of aromatic nitrogens is 2. The van der Waals surface area contributed by atoms with Gasteiger partial charge in [0, 0.05) is 30.9 Å². The fourth-order valence-corrected chi connectivity index (χ4v) is 3.60. The number of halogens is 1. The first-order valence-electron chi connectivity index (χ1n) is 9.28. The van der Waals surface area contributed by atoms with Gasteiger partial charge in [0.15, 0.2) is 0 Å². The molecule has 4 rings (SSSR count). The molecule has 1 atom stereocenters. The highest BCUT2D eigenvalue weighted by atomic mass is 19.1. The van der Waals surface area contributed by atoms with Crippen molar-refractivity contribution in [2.45, 2.75) is 13.0 Å². The molecule has 0 radical (unpaired) electrons. The summed E-state index contributed by atoms with van der Waals surface area (Å²) in [6.07, 6.45) is 1.71. The summed E-state index contributed by atoms with van der Waals surface area (Å²) >= 11 is 0. The molecule has 1 amide bonds. The zero-order valence-electron chi connectivity index (χ0n) is 15.9. The van der Waals surface area contributed by atoms with Crippen molar-refractivity contribution >= 4 is 5.91 Å². The van der Waals surface area contributed by atoms with Gasteiger partial charge in [0.25, 0.3) is 5.91 Å². The molecule has 2 aromatic carbocycles. The minimum Gasteiger partial charge on any atom is -0.370 e. The van der Waals surface area contributed by atoms with E-state index in [-0.39, 0.29) is 17.8 Å². The van der Waals surface area contributed by atoms with Crippen molar-refractivity contribution < 1.29 is 13.9 Å². The Morgan fingerprint density at radius 1 is 1.21 bits per heavy atom. The van der Waals surface area contributed by atoms with Gasteiger partial charge in [-0.1, -0.05) is 24.3 Å². The van der Waals surface area contributed by atoms with Gasteiger partial charge in [0.2, 0.25) is 0 Å². The summed E-state index contributed by atoms with van der Waals surface area (Å²) < 4.78 is 20.8. The van der Waals surface area contributed by atoms with Crippen LogP contribution < -0.4 is 0 Å². The average Bonchev–Trinajstić information content (AvgIpc) is 3.06. The van der Waals surface area contributed by atoms with Crippen LogP contribution in [0.15, 0.2) is 54.7 Å². The van der Waals surface area contributed by atoms with E-state index >= 15 is 0 Å². The Balaban J connectivity index is 1.55. The molecule has 1 aromatic heterocycles. The van der Waals surface area contributed by atoms with Gasteiger partial charge in [-0.05, 0) is 42.3 Å². The first kappa shape index (κ1) is 18.4. The lowest BCUT2D eigenvalue weighted by atomic mass is 10.0. The lowest BCUT2D eigenvalue weighted by Gasteiger charge is -2.33. The van der Waals surface area contributed by atoms with Crippen LogP contribution in [-0.2, 0) is 11.8 Å². The summed E-state index contributed by atoms with van der Waals surface area (Å²) in [5, 5.41) is 4.38. The van der Waals surface area contributed by atoms with Crippen LogP contribution >= 0.6 is 0 Å². The number of ether oxygens (including phenoxy) is 1. The van der Waals surface area contributed by atoms with Gasteiger partial charge in [-0.2, -0.15) is 5.10 Å². The van der Waals surface area contributed by atoms with Crippen molar-refractivity contribution in [2.75, 3.05) is 19.7 Å². The molecule has 1 aliphatic rings. The highest BCUT2D eigenvalue weighted by Crippen LogP contribution is 2.26. The molecule has 0 saturated carbocycles. The maximum atomic E-state index is 13.2. The molecule has 28 heavy (non-hydrogen) atoms. The fourth-order valence-electron chi connectivity index (χ4n) is 3.60. The molecule has 0 aliphatic carbocycles. The molecule has 2 heterocycles. The normalized spacial score (nSPS) is 17.0. The van der Waals surface area contributed by atoms with E-state index in [1.165, 1.54) is 12.1 Å². The third-order valence-corrected chi connectivity index (χ3v) is 5.03. The van der Waals surface area contributed by atoms with Gasteiger partial charge < -0.3 is 9.64 Å². The summed E-state index contributed by atoms with van der Waals surface area (Å²) in [4.78, 5) is 14.9. The van der Waals surface area contributed by atoms with E-state index in [0.717, 1.165) is 22.4 Å². The Hall–Kier alpha value is -2.99. The summed E-state index contributed by atoms with van der Waals surface area (Å²) in [5.41, 5.74) is 4.43. The van der Waals surface area contributed by atoms with Crippen molar-refractivity contribution in [3.63, 3.8) is 0 Å². The second-order valence-electron chi connectivity index (χ2n) is 7.04. The Labute approximate surface area is 163 Å². The van der Waals surface area contributed by atoms with Crippen LogP contribution in [0.1, 0.15) is 27.7 Å². The number of nitrogens with zero attached hydrogens (tertiary/aromatic N) is 3. The van der Waals surface area contributed by atoms with Crippen LogP contribution in [0.25, 0.3) is 11.1 Å². The van der Waals surface area contributed by atoms with Gasteiger partial charge in [0.1, 0.15) is 11.9 Å². The van der Waals surface area contributed by atoms with Crippen molar-refractivity contribution in [2.24, 2.45) is 7.05 Å². The molecule has 1 aliphatic heterocycles. The molecule has 0 bridgehead atoms. The molecule has 0 unspecified atom stereocenters. The van der Waals surface area contributed by atoms with Crippen molar-refractivity contribution in [3.8, 4) is 11.1 Å². The number of hydrogen-bond acceptors (Lipinski definition) is 3. The van der Waals surface area contributed by atoms with Crippen LogP contribution in [0.4, 0.5) is 4.39 Å². The summed E-state index contributed by atoms with van der Waals surface area (Å²) in [5.74, 6) is -0.311. The van der Waals surface area contributed by atoms with E-state index in [9.17, 15) is 9.18 Å². The van der Waals surface area contributed by atoms with E-state index < -0.39 is 0 Å². The van der Waals surface area contributed by atoms with E-state index in [1.54, 1.807) is 21.7 Å². The lowest BCUT2D eigenvalue weighted by molar-refractivity contribution is -0.0228. The third-order valence-electron chi connectivity index (χ3n) is 5.03. The third kappa shape index (κ3) is 3.68. The molecule has 0 N–H and O–H groups in total. The number of morpholine rings is 1. The first-order valence-corrected chi connectivity index (χ1v) is 9.28. The van der Waals surface area contributed by atoms with Gasteiger partial charge in [-0.15, -0.1) is 0 Å². The Bertz CT molecular complexity index is 997. The van der Waals surface area contributed by atoms with Crippen LogP contribution in [0, 0.1) is 12.7 Å². The quantitative estimate of drug-likeness (QED) is 0.696. The molecule has 1 fully saturated rings. The number of benzene rings is 2. The molecule has 6 heteroatoms. The standard InChI is InChI=1S/C22H22FN3O2/c1-15-20(13-25(2)24-15)17-4-3-5-18(12-17)22(27)26-10-11-28-21(14-26)16-6-8-19(23)9-7-16/h3-9,12-13,21H,10-11,14H2,1-2H3/t21-/m0/s1. The number of carbonyl (C=O) groups excluding carboxylic acids is 1.